The van der Waals surface area contributed by atoms with Crippen LogP contribution in [0, 0.1) is 0 Å². The van der Waals surface area contributed by atoms with Gasteiger partial charge in [0.1, 0.15) is 11.2 Å². The first-order valence-electron chi connectivity index (χ1n) is 12.9. The highest BCUT2D eigenvalue weighted by Gasteiger charge is 2.52. The van der Waals surface area contributed by atoms with E-state index in [-0.39, 0.29) is 28.5 Å². The van der Waals surface area contributed by atoms with Crippen LogP contribution in [0.5, 0.6) is 0 Å². The number of esters is 1. The van der Waals surface area contributed by atoms with E-state index in [0.29, 0.717) is 11.5 Å². The number of thioether (sulfide) groups is 1. The summed E-state index contributed by atoms with van der Waals surface area (Å²) in [7, 11) is -1.27. The molecule has 6 nitrogen and oxygen atoms in total. The van der Waals surface area contributed by atoms with E-state index < -0.39 is 8.32 Å². The van der Waals surface area contributed by atoms with Gasteiger partial charge in [-0.15, -0.1) is 0 Å². The summed E-state index contributed by atoms with van der Waals surface area (Å²) in [5, 5.41) is 2.31. The van der Waals surface area contributed by atoms with E-state index in [0.717, 1.165) is 31.0 Å². The molecule has 0 radical (unpaired) electrons. The predicted octanol–water partition coefficient (Wildman–Crippen LogP) is 3.95. The molecule has 0 aliphatic carbocycles. The van der Waals surface area contributed by atoms with Crippen LogP contribution in [0.4, 0.5) is 0 Å². The molecule has 1 fully saturated rings. The van der Waals surface area contributed by atoms with Crippen LogP contribution >= 0.6 is 11.8 Å². The molecule has 0 bridgehead atoms. The molecule has 3 heterocycles. The van der Waals surface area contributed by atoms with Crippen molar-refractivity contribution < 1.29 is 18.7 Å². The minimum atomic E-state index is -2.70. The zero-order chi connectivity index (χ0) is 26.2. The van der Waals surface area contributed by atoms with Crippen molar-refractivity contribution in [2.75, 3.05) is 26.9 Å². The Morgan fingerprint density at radius 1 is 1.11 bits per heavy atom. The van der Waals surface area contributed by atoms with Gasteiger partial charge in [0.05, 0.1) is 30.8 Å². The monoisotopic (exact) mass is 536 g/mol. The fraction of sp³-hybridized carbons (Fsp3) is 0.448. The summed E-state index contributed by atoms with van der Waals surface area (Å²) in [6.07, 6.45) is 1.22. The highest BCUT2D eigenvalue weighted by atomic mass is 32.2. The molecule has 2 aromatic rings. The summed E-state index contributed by atoms with van der Waals surface area (Å²) in [5.41, 5.74) is 1.02. The molecule has 8 heteroatoms. The van der Waals surface area contributed by atoms with Crippen molar-refractivity contribution in [2.24, 2.45) is 4.99 Å². The standard InChI is InChI=1S/C29H36N2O4SSi/c1-20-25-27(36-26(20)28(32)33-5)30-24(31(25)18-21-16-17-34-21)19-35-37(29(2,3)4,22-12-8-6-9-13-22)23-14-10-7-11-15-23/h6-15,21,25,27H,16-19H2,1-5H3/t21-,25?,27?/m0/s1. The van der Waals surface area contributed by atoms with Gasteiger partial charge in [0.15, 0.2) is 0 Å². The van der Waals surface area contributed by atoms with E-state index in [1.54, 1.807) is 0 Å². The molecule has 3 atom stereocenters. The predicted molar refractivity (Wildman–Crippen MR) is 152 cm³/mol. The molecule has 3 aliphatic heterocycles. The molecule has 0 N–H and O–H groups in total. The average Bonchev–Trinajstić information content (AvgIpc) is 3.37. The number of nitrogens with zero attached hydrogens (tertiary/aromatic N) is 2. The highest BCUT2D eigenvalue weighted by Crippen LogP contribution is 2.45. The van der Waals surface area contributed by atoms with E-state index in [1.807, 2.05) is 6.92 Å². The second-order valence-corrected chi connectivity index (χ2v) is 16.3. The molecule has 196 valence electrons. The lowest BCUT2D eigenvalue weighted by atomic mass is 10.1. The largest absolute Gasteiger partial charge is 0.465 e. The van der Waals surface area contributed by atoms with Crippen molar-refractivity contribution in [2.45, 2.75) is 56.7 Å². The summed E-state index contributed by atoms with van der Waals surface area (Å²) in [6.45, 7) is 10.8. The number of methoxy groups -OCH3 is 1. The first-order valence-corrected chi connectivity index (χ1v) is 15.7. The fourth-order valence-corrected chi connectivity index (χ4v) is 11.6. The minimum Gasteiger partial charge on any atom is -0.465 e. The number of aliphatic imine (C=N–C) groups is 1. The van der Waals surface area contributed by atoms with Gasteiger partial charge in [-0.3, -0.25) is 4.99 Å². The highest BCUT2D eigenvalue weighted by molar-refractivity contribution is 8.04. The molecule has 0 aromatic heterocycles. The van der Waals surface area contributed by atoms with E-state index in [4.69, 9.17) is 18.9 Å². The van der Waals surface area contributed by atoms with Crippen molar-refractivity contribution in [1.29, 1.82) is 0 Å². The van der Waals surface area contributed by atoms with Gasteiger partial charge in [-0.05, 0) is 34.3 Å². The van der Waals surface area contributed by atoms with Crippen LogP contribution in [0.1, 0.15) is 34.1 Å². The van der Waals surface area contributed by atoms with E-state index in [2.05, 4.69) is 86.3 Å². The third kappa shape index (κ3) is 4.69. The quantitative estimate of drug-likeness (QED) is 0.376. The third-order valence-corrected chi connectivity index (χ3v) is 14.0. The van der Waals surface area contributed by atoms with E-state index >= 15 is 0 Å². The van der Waals surface area contributed by atoms with Gasteiger partial charge in [-0.25, -0.2) is 4.79 Å². The number of hydrogen-bond acceptors (Lipinski definition) is 7. The zero-order valence-electron chi connectivity index (χ0n) is 22.3. The SMILES string of the molecule is COC(=O)C1=C(C)C2C(N=C(CO[Si](c3ccccc3)(c3ccccc3)C(C)(C)C)N2C[C@@H]2CCO2)S1. The van der Waals surface area contributed by atoms with Gasteiger partial charge in [0.25, 0.3) is 8.32 Å². The first kappa shape index (κ1) is 26.2. The summed E-state index contributed by atoms with van der Waals surface area (Å²) >= 11 is 1.50. The maximum atomic E-state index is 12.4. The lowest BCUT2D eigenvalue weighted by Crippen LogP contribution is -2.67. The summed E-state index contributed by atoms with van der Waals surface area (Å²) in [5.74, 6) is 0.659. The topological polar surface area (TPSA) is 60.4 Å². The molecule has 0 saturated carbocycles. The second kappa shape index (κ2) is 10.4. The van der Waals surface area contributed by atoms with Crippen molar-refractivity contribution in [3.05, 3.63) is 71.1 Å². The van der Waals surface area contributed by atoms with Crippen molar-refractivity contribution in [1.82, 2.24) is 4.90 Å². The minimum absolute atomic E-state index is 0.0149. The molecule has 0 spiro atoms. The number of ether oxygens (including phenoxy) is 2. The van der Waals surface area contributed by atoms with Crippen molar-refractivity contribution in [3.63, 3.8) is 0 Å². The van der Waals surface area contributed by atoms with Crippen LogP contribution in [-0.4, -0.2) is 69.4 Å². The van der Waals surface area contributed by atoms with Gasteiger partial charge in [-0.1, -0.05) is 93.2 Å². The van der Waals surface area contributed by atoms with Crippen LogP contribution in [0.15, 0.2) is 76.1 Å². The van der Waals surface area contributed by atoms with Crippen LogP contribution in [-0.2, 0) is 18.7 Å². The van der Waals surface area contributed by atoms with Crippen LogP contribution < -0.4 is 10.4 Å². The zero-order valence-corrected chi connectivity index (χ0v) is 24.1. The lowest BCUT2D eigenvalue weighted by Gasteiger charge is -2.43. The van der Waals surface area contributed by atoms with Crippen LogP contribution in [0.3, 0.4) is 0 Å². The summed E-state index contributed by atoms with van der Waals surface area (Å²) in [4.78, 5) is 20.5. The molecule has 37 heavy (non-hydrogen) atoms. The Morgan fingerprint density at radius 3 is 2.19 bits per heavy atom. The number of carbonyl (C=O) groups is 1. The Morgan fingerprint density at radius 2 is 1.70 bits per heavy atom. The van der Waals surface area contributed by atoms with Gasteiger partial charge in [0.2, 0.25) is 0 Å². The Hall–Kier alpha value is -2.39. The number of benzene rings is 2. The van der Waals surface area contributed by atoms with E-state index in [1.165, 1.54) is 29.2 Å². The Balaban J connectivity index is 1.50. The Labute approximate surface area is 225 Å². The number of amidine groups is 1. The smallest absolute Gasteiger partial charge is 0.344 e. The van der Waals surface area contributed by atoms with Crippen LogP contribution in [0.25, 0.3) is 0 Å². The van der Waals surface area contributed by atoms with Gasteiger partial charge >= 0.3 is 5.97 Å². The molecule has 2 aromatic carbocycles. The molecule has 2 unspecified atom stereocenters. The number of fused-ring (bicyclic) bond motifs is 1. The molecule has 3 aliphatic rings. The third-order valence-electron chi connectivity index (χ3n) is 7.65. The molecule has 1 saturated heterocycles. The number of rotatable bonds is 8. The molecular formula is C29H36N2O4SSi. The molecular weight excluding hydrogens is 500 g/mol. The normalized spacial score (nSPS) is 23.5. The summed E-state index contributed by atoms with van der Waals surface area (Å²) < 4.78 is 18.1. The molecule has 0 amide bonds. The maximum absolute atomic E-state index is 12.4. The Kier molecular flexibility index (Phi) is 7.37. The van der Waals surface area contributed by atoms with E-state index in [9.17, 15) is 4.79 Å². The van der Waals surface area contributed by atoms with Gasteiger partial charge < -0.3 is 18.8 Å². The first-order chi connectivity index (χ1) is 17.8. The number of hydrogen-bond donors (Lipinski definition) is 0. The fourth-order valence-electron chi connectivity index (χ4n) is 5.72. The van der Waals surface area contributed by atoms with Crippen molar-refractivity contribution in [3.8, 4) is 0 Å². The Bertz CT molecular complexity index is 1150. The van der Waals surface area contributed by atoms with Crippen molar-refractivity contribution >= 4 is 42.3 Å². The molecule has 5 rings (SSSR count). The average molecular weight is 537 g/mol. The number of carbonyl (C=O) groups excluding carboxylic acids is 1. The second-order valence-electron chi connectivity index (χ2n) is 10.9. The lowest BCUT2D eigenvalue weighted by molar-refractivity contribution is -0.135. The van der Waals surface area contributed by atoms with Crippen LogP contribution in [0.2, 0.25) is 5.04 Å². The van der Waals surface area contributed by atoms with Gasteiger partial charge in [-0.2, -0.15) is 0 Å². The summed E-state index contributed by atoms with van der Waals surface area (Å²) in [6, 6.07) is 21.4. The van der Waals surface area contributed by atoms with Gasteiger partial charge in [0, 0.05) is 13.2 Å². The maximum Gasteiger partial charge on any atom is 0.344 e.